The minimum Gasteiger partial charge on any atom is -0.495 e. The first-order chi connectivity index (χ1) is 8.19. The molecule has 0 radical (unpaired) electrons. The number of ether oxygens (including phenoxy) is 1. The number of carbonyl (C=O) groups is 1. The average Bonchev–Trinajstić information content (AvgIpc) is 2.36. The highest BCUT2D eigenvalue weighted by molar-refractivity contribution is 5.93. The van der Waals surface area contributed by atoms with Gasteiger partial charge in [-0.1, -0.05) is 5.92 Å². The number of aliphatic hydroxyl groups is 1. The van der Waals surface area contributed by atoms with Gasteiger partial charge in [-0.05, 0) is 25.0 Å². The maximum absolute atomic E-state index is 11.1. The lowest BCUT2D eigenvalue weighted by Gasteiger charge is -2.13. The molecule has 2 N–H and O–H groups in total. The van der Waals surface area contributed by atoms with Gasteiger partial charge in [0.1, 0.15) is 17.5 Å². The van der Waals surface area contributed by atoms with Gasteiger partial charge in [-0.3, -0.25) is 9.78 Å². The zero-order chi connectivity index (χ0) is 12.7. The first-order valence-corrected chi connectivity index (χ1v) is 5.06. The second-order valence-electron chi connectivity index (χ2n) is 3.19. The number of nitrogens with zero attached hydrogens (tertiary/aromatic N) is 1. The normalized spacial score (nSPS) is 11.0. The second kappa shape index (κ2) is 6.51. The standard InChI is InChI=1S/C12H14N2O3/c1-3-5-11(16)14-8-9(15)12-10(17-2)6-4-7-13-12/h4,6-7,9,15H,8H2,1-2H3,(H,14,16). The van der Waals surface area contributed by atoms with E-state index in [0.717, 1.165) is 0 Å². The third-order valence-electron chi connectivity index (χ3n) is 2.03. The van der Waals surface area contributed by atoms with Crippen LogP contribution in [-0.2, 0) is 4.79 Å². The third kappa shape index (κ3) is 3.78. The molecule has 5 heteroatoms. The van der Waals surface area contributed by atoms with Crippen LogP contribution < -0.4 is 10.1 Å². The highest BCUT2D eigenvalue weighted by Gasteiger charge is 2.14. The van der Waals surface area contributed by atoms with Crippen LogP contribution in [0.15, 0.2) is 18.3 Å². The van der Waals surface area contributed by atoms with E-state index in [2.05, 4.69) is 22.1 Å². The van der Waals surface area contributed by atoms with Gasteiger partial charge < -0.3 is 15.2 Å². The molecule has 1 unspecified atom stereocenters. The number of hydrogen-bond donors (Lipinski definition) is 2. The van der Waals surface area contributed by atoms with Gasteiger partial charge in [0.2, 0.25) is 0 Å². The van der Waals surface area contributed by atoms with Crippen LogP contribution in [0.2, 0.25) is 0 Å². The van der Waals surface area contributed by atoms with Gasteiger partial charge in [0.05, 0.1) is 13.7 Å². The smallest absolute Gasteiger partial charge is 0.295 e. The Balaban J connectivity index is 2.65. The Kier molecular flexibility index (Phi) is 4.98. The second-order valence-corrected chi connectivity index (χ2v) is 3.19. The van der Waals surface area contributed by atoms with Gasteiger partial charge in [0, 0.05) is 6.20 Å². The highest BCUT2D eigenvalue weighted by atomic mass is 16.5. The van der Waals surface area contributed by atoms with E-state index in [1.807, 2.05) is 0 Å². The number of methoxy groups -OCH3 is 1. The number of hydrogen-bond acceptors (Lipinski definition) is 4. The van der Waals surface area contributed by atoms with Gasteiger partial charge in [-0.2, -0.15) is 0 Å². The summed E-state index contributed by atoms with van der Waals surface area (Å²) in [4.78, 5) is 15.1. The van der Waals surface area contributed by atoms with Crippen LogP contribution in [0.1, 0.15) is 18.7 Å². The van der Waals surface area contributed by atoms with Crippen molar-refractivity contribution in [3.05, 3.63) is 24.0 Å². The molecular formula is C12H14N2O3. The van der Waals surface area contributed by atoms with Crippen molar-refractivity contribution in [3.8, 4) is 17.6 Å². The molecule has 0 bridgehead atoms. The number of rotatable bonds is 4. The molecule has 0 spiro atoms. The molecule has 1 amide bonds. The van der Waals surface area contributed by atoms with Gasteiger partial charge in [0.15, 0.2) is 0 Å². The molecule has 0 aliphatic rings. The van der Waals surface area contributed by atoms with E-state index in [9.17, 15) is 9.90 Å². The molecule has 0 saturated carbocycles. The van der Waals surface area contributed by atoms with Gasteiger partial charge in [-0.15, -0.1) is 0 Å². The lowest BCUT2D eigenvalue weighted by Crippen LogP contribution is -2.27. The summed E-state index contributed by atoms with van der Waals surface area (Å²) in [7, 11) is 1.49. The number of aromatic nitrogens is 1. The van der Waals surface area contributed by atoms with Crippen LogP contribution in [0.4, 0.5) is 0 Å². The van der Waals surface area contributed by atoms with Crippen LogP contribution in [-0.4, -0.2) is 29.7 Å². The van der Waals surface area contributed by atoms with Gasteiger partial charge >= 0.3 is 0 Å². The van der Waals surface area contributed by atoms with Crippen molar-refractivity contribution in [2.45, 2.75) is 13.0 Å². The van der Waals surface area contributed by atoms with Gasteiger partial charge in [0.25, 0.3) is 5.91 Å². The van der Waals surface area contributed by atoms with E-state index in [1.165, 1.54) is 7.11 Å². The molecule has 0 aliphatic heterocycles. The number of nitrogens with one attached hydrogen (secondary N) is 1. The quantitative estimate of drug-likeness (QED) is 0.733. The average molecular weight is 234 g/mol. The SMILES string of the molecule is CC#CC(=O)NCC(O)c1ncccc1OC. The fraction of sp³-hybridized carbons (Fsp3) is 0.333. The van der Waals surface area contributed by atoms with Crippen molar-refractivity contribution in [1.82, 2.24) is 10.3 Å². The molecule has 0 aromatic carbocycles. The Morgan fingerprint density at radius 3 is 3.12 bits per heavy atom. The Bertz CT molecular complexity index is 449. The van der Waals surface area contributed by atoms with Crippen LogP contribution in [0.5, 0.6) is 5.75 Å². The number of pyridine rings is 1. The van der Waals surface area contributed by atoms with Crippen LogP contribution in [0, 0.1) is 11.8 Å². The van der Waals surface area contributed by atoms with Crippen molar-refractivity contribution < 1.29 is 14.6 Å². The summed E-state index contributed by atoms with van der Waals surface area (Å²) in [5.74, 6) is 4.84. The van der Waals surface area contributed by atoms with Crippen molar-refractivity contribution in [2.24, 2.45) is 0 Å². The summed E-state index contributed by atoms with van der Waals surface area (Å²) in [6.45, 7) is 1.61. The van der Waals surface area contributed by atoms with Crippen molar-refractivity contribution in [3.63, 3.8) is 0 Å². The van der Waals surface area contributed by atoms with Crippen LogP contribution >= 0.6 is 0 Å². The molecular weight excluding hydrogens is 220 g/mol. The molecule has 0 aliphatic carbocycles. The molecule has 1 atom stereocenters. The molecule has 1 aromatic heterocycles. The maximum Gasteiger partial charge on any atom is 0.295 e. The van der Waals surface area contributed by atoms with E-state index in [1.54, 1.807) is 25.3 Å². The molecule has 0 saturated heterocycles. The number of amides is 1. The zero-order valence-electron chi connectivity index (χ0n) is 9.73. The molecule has 17 heavy (non-hydrogen) atoms. The Morgan fingerprint density at radius 1 is 1.71 bits per heavy atom. The molecule has 0 fully saturated rings. The molecule has 1 aromatic rings. The molecule has 1 heterocycles. The van der Waals surface area contributed by atoms with Crippen molar-refractivity contribution >= 4 is 5.91 Å². The molecule has 5 nitrogen and oxygen atoms in total. The summed E-state index contributed by atoms with van der Waals surface area (Å²) in [5.41, 5.74) is 0.389. The van der Waals surface area contributed by atoms with Crippen LogP contribution in [0.3, 0.4) is 0 Å². The minimum absolute atomic E-state index is 0.0425. The molecule has 90 valence electrons. The lowest BCUT2D eigenvalue weighted by molar-refractivity contribution is -0.116. The summed E-state index contributed by atoms with van der Waals surface area (Å²) in [6.07, 6.45) is 0.628. The minimum atomic E-state index is -0.922. The zero-order valence-corrected chi connectivity index (χ0v) is 9.73. The first kappa shape index (κ1) is 13.0. The number of carbonyl (C=O) groups excluding carboxylic acids is 1. The largest absolute Gasteiger partial charge is 0.495 e. The lowest BCUT2D eigenvalue weighted by atomic mass is 10.2. The maximum atomic E-state index is 11.1. The van der Waals surface area contributed by atoms with E-state index < -0.39 is 12.0 Å². The highest BCUT2D eigenvalue weighted by Crippen LogP contribution is 2.21. The Morgan fingerprint density at radius 2 is 2.47 bits per heavy atom. The van der Waals surface area contributed by atoms with E-state index in [0.29, 0.717) is 11.4 Å². The summed E-state index contributed by atoms with van der Waals surface area (Å²) < 4.78 is 5.06. The third-order valence-corrected chi connectivity index (χ3v) is 2.03. The van der Waals surface area contributed by atoms with E-state index in [4.69, 9.17) is 4.74 Å². The van der Waals surface area contributed by atoms with E-state index in [-0.39, 0.29) is 6.54 Å². The summed E-state index contributed by atoms with van der Waals surface area (Å²) >= 11 is 0. The Labute approximate surface area is 99.8 Å². The first-order valence-electron chi connectivity index (χ1n) is 5.06. The van der Waals surface area contributed by atoms with Crippen molar-refractivity contribution in [1.29, 1.82) is 0 Å². The predicted octanol–water partition coefficient (Wildman–Crippen LogP) is 0.263. The monoisotopic (exact) mass is 234 g/mol. The summed E-state index contributed by atoms with van der Waals surface area (Å²) in [6, 6.07) is 3.40. The summed E-state index contributed by atoms with van der Waals surface area (Å²) in [5, 5.41) is 12.3. The van der Waals surface area contributed by atoms with E-state index >= 15 is 0 Å². The van der Waals surface area contributed by atoms with Gasteiger partial charge in [-0.25, -0.2) is 0 Å². The molecule has 1 rings (SSSR count). The van der Waals surface area contributed by atoms with Crippen molar-refractivity contribution in [2.75, 3.05) is 13.7 Å². The predicted molar refractivity (Wildman–Crippen MR) is 62.2 cm³/mol. The van der Waals surface area contributed by atoms with Crippen LogP contribution in [0.25, 0.3) is 0 Å². The Hall–Kier alpha value is -2.06. The number of aliphatic hydroxyl groups excluding tert-OH is 1. The fourth-order valence-electron chi connectivity index (χ4n) is 1.27. The fourth-order valence-corrected chi connectivity index (χ4v) is 1.27. The topological polar surface area (TPSA) is 71.5 Å².